The van der Waals surface area contributed by atoms with E-state index in [2.05, 4.69) is 10.6 Å². The second-order valence-corrected chi connectivity index (χ2v) is 6.61. The second-order valence-electron chi connectivity index (χ2n) is 6.61. The van der Waals surface area contributed by atoms with Crippen LogP contribution in [0, 0.1) is 5.92 Å². The smallest absolute Gasteiger partial charge is 0.224 e. The van der Waals surface area contributed by atoms with Gasteiger partial charge in [-0.2, -0.15) is 0 Å². The van der Waals surface area contributed by atoms with Gasteiger partial charge in [-0.15, -0.1) is 0 Å². The average molecular weight is 338 g/mol. The predicted octanol–water partition coefficient (Wildman–Crippen LogP) is 4.15. The minimum atomic E-state index is -0.0798. The van der Waals surface area contributed by atoms with Gasteiger partial charge >= 0.3 is 0 Å². The van der Waals surface area contributed by atoms with Crippen LogP contribution in [-0.2, 0) is 4.79 Å². The highest BCUT2D eigenvalue weighted by atomic mass is 16.5. The zero-order valence-corrected chi connectivity index (χ0v) is 14.7. The van der Waals surface area contributed by atoms with E-state index in [1.54, 1.807) is 0 Å². The summed E-state index contributed by atoms with van der Waals surface area (Å²) in [7, 11) is 0. The third kappa shape index (κ3) is 5.07. The number of hydrogen-bond acceptors (Lipinski definition) is 3. The van der Waals surface area contributed by atoms with Crippen molar-refractivity contribution in [1.29, 1.82) is 0 Å². The van der Waals surface area contributed by atoms with Crippen molar-refractivity contribution >= 4 is 11.6 Å². The maximum Gasteiger partial charge on any atom is 0.224 e. The molecular formula is C21H26N2O2. The van der Waals surface area contributed by atoms with Crippen LogP contribution in [0.25, 0.3) is 0 Å². The number of rotatable bonds is 7. The molecule has 2 aromatic rings. The topological polar surface area (TPSA) is 50.4 Å². The van der Waals surface area contributed by atoms with E-state index in [0.717, 1.165) is 30.8 Å². The molecule has 0 bridgehead atoms. The molecule has 0 saturated carbocycles. The Morgan fingerprint density at radius 3 is 2.72 bits per heavy atom. The van der Waals surface area contributed by atoms with Crippen LogP contribution in [0.3, 0.4) is 0 Å². The number of amides is 1. The van der Waals surface area contributed by atoms with Crippen molar-refractivity contribution in [2.45, 2.75) is 32.3 Å². The molecule has 1 aliphatic rings. The zero-order valence-electron chi connectivity index (χ0n) is 14.7. The summed E-state index contributed by atoms with van der Waals surface area (Å²) in [6.45, 7) is 4.11. The van der Waals surface area contributed by atoms with Crippen molar-refractivity contribution < 1.29 is 9.53 Å². The molecule has 1 saturated heterocycles. The first-order valence-electron chi connectivity index (χ1n) is 9.03. The Balaban J connectivity index is 1.59. The van der Waals surface area contributed by atoms with Crippen molar-refractivity contribution in [3.63, 3.8) is 0 Å². The Labute approximate surface area is 149 Å². The summed E-state index contributed by atoms with van der Waals surface area (Å²) in [6.07, 6.45) is 2.57. The monoisotopic (exact) mass is 338 g/mol. The van der Waals surface area contributed by atoms with E-state index in [1.807, 2.05) is 61.5 Å². The number of nitrogens with one attached hydrogen (secondary N) is 2. The van der Waals surface area contributed by atoms with Crippen LogP contribution in [0.1, 0.15) is 37.9 Å². The molecule has 1 aliphatic heterocycles. The van der Waals surface area contributed by atoms with E-state index in [-0.39, 0.29) is 12.0 Å². The summed E-state index contributed by atoms with van der Waals surface area (Å²) < 4.78 is 6.09. The maximum absolute atomic E-state index is 12.3. The van der Waals surface area contributed by atoms with Crippen LogP contribution in [0.15, 0.2) is 54.6 Å². The summed E-state index contributed by atoms with van der Waals surface area (Å²) in [4.78, 5) is 12.3. The van der Waals surface area contributed by atoms with Gasteiger partial charge in [-0.3, -0.25) is 4.79 Å². The van der Waals surface area contributed by atoms with Crippen molar-refractivity contribution in [1.82, 2.24) is 5.32 Å². The minimum absolute atomic E-state index is 0.0512. The SMILES string of the molecule is CC(Oc1ccccc1NC(=O)CCC1CCNC1)c1ccccc1. The first kappa shape index (κ1) is 17.5. The van der Waals surface area contributed by atoms with Crippen LogP contribution in [0.4, 0.5) is 5.69 Å². The summed E-state index contributed by atoms with van der Waals surface area (Å²) in [6, 6.07) is 17.7. The van der Waals surface area contributed by atoms with Gasteiger partial charge in [0.1, 0.15) is 11.9 Å². The van der Waals surface area contributed by atoms with Crippen LogP contribution in [0.5, 0.6) is 5.75 Å². The molecule has 4 nitrogen and oxygen atoms in total. The van der Waals surface area contributed by atoms with Crippen LogP contribution in [0.2, 0.25) is 0 Å². The number of benzene rings is 2. The molecule has 2 aromatic carbocycles. The molecule has 4 heteroatoms. The lowest BCUT2D eigenvalue weighted by atomic mass is 10.0. The lowest BCUT2D eigenvalue weighted by Gasteiger charge is -2.18. The fourth-order valence-corrected chi connectivity index (χ4v) is 3.16. The molecule has 2 atom stereocenters. The first-order valence-corrected chi connectivity index (χ1v) is 9.03. The molecule has 1 heterocycles. The molecule has 0 radical (unpaired) electrons. The van der Waals surface area contributed by atoms with Crippen molar-refractivity contribution in [2.24, 2.45) is 5.92 Å². The van der Waals surface area contributed by atoms with Crippen LogP contribution >= 0.6 is 0 Å². The molecule has 0 aliphatic carbocycles. The second kappa shape index (κ2) is 8.67. The van der Waals surface area contributed by atoms with E-state index in [0.29, 0.717) is 18.1 Å². The van der Waals surface area contributed by atoms with Gasteiger partial charge in [-0.05, 0) is 56.5 Å². The lowest BCUT2D eigenvalue weighted by molar-refractivity contribution is -0.116. The Hall–Kier alpha value is -2.33. The molecule has 3 rings (SSSR count). The number of carbonyl (C=O) groups excluding carboxylic acids is 1. The van der Waals surface area contributed by atoms with E-state index >= 15 is 0 Å². The Morgan fingerprint density at radius 1 is 1.20 bits per heavy atom. The van der Waals surface area contributed by atoms with Crippen molar-refractivity contribution in [2.75, 3.05) is 18.4 Å². The quantitative estimate of drug-likeness (QED) is 0.797. The highest BCUT2D eigenvalue weighted by molar-refractivity contribution is 5.92. The summed E-state index contributed by atoms with van der Waals surface area (Å²) in [5.41, 5.74) is 1.84. The molecule has 132 valence electrons. The molecule has 0 spiro atoms. The number of carbonyl (C=O) groups is 1. The van der Waals surface area contributed by atoms with Gasteiger partial charge in [0.15, 0.2) is 0 Å². The summed E-state index contributed by atoms with van der Waals surface area (Å²) in [5.74, 6) is 1.38. The van der Waals surface area contributed by atoms with E-state index < -0.39 is 0 Å². The van der Waals surface area contributed by atoms with E-state index in [1.165, 1.54) is 6.42 Å². The van der Waals surface area contributed by atoms with Gasteiger partial charge < -0.3 is 15.4 Å². The molecule has 1 fully saturated rings. The Bertz CT molecular complexity index is 681. The number of hydrogen-bond donors (Lipinski definition) is 2. The summed E-state index contributed by atoms with van der Waals surface area (Å²) in [5, 5.41) is 6.35. The minimum Gasteiger partial charge on any atom is -0.484 e. The molecular weight excluding hydrogens is 312 g/mol. The Kier molecular flexibility index (Phi) is 6.07. The third-order valence-electron chi connectivity index (χ3n) is 4.68. The normalized spacial score (nSPS) is 17.9. The zero-order chi connectivity index (χ0) is 17.5. The van der Waals surface area contributed by atoms with Gasteiger partial charge in [0.05, 0.1) is 5.69 Å². The van der Waals surface area contributed by atoms with E-state index in [4.69, 9.17) is 4.74 Å². The lowest BCUT2D eigenvalue weighted by Crippen LogP contribution is -2.16. The summed E-state index contributed by atoms with van der Waals surface area (Å²) >= 11 is 0. The average Bonchev–Trinajstić information content (AvgIpc) is 3.16. The van der Waals surface area contributed by atoms with Gasteiger partial charge in [-0.1, -0.05) is 42.5 Å². The molecule has 0 aromatic heterocycles. The maximum atomic E-state index is 12.3. The highest BCUT2D eigenvalue weighted by Crippen LogP contribution is 2.29. The standard InChI is InChI=1S/C21H26N2O2/c1-16(18-7-3-2-4-8-18)25-20-10-6-5-9-19(20)23-21(24)12-11-17-13-14-22-15-17/h2-10,16-17,22H,11-15H2,1H3,(H,23,24). The van der Waals surface area contributed by atoms with Crippen LogP contribution in [-0.4, -0.2) is 19.0 Å². The molecule has 25 heavy (non-hydrogen) atoms. The van der Waals surface area contributed by atoms with Crippen LogP contribution < -0.4 is 15.4 Å². The molecule has 2 unspecified atom stereocenters. The largest absolute Gasteiger partial charge is 0.484 e. The predicted molar refractivity (Wildman–Crippen MR) is 101 cm³/mol. The van der Waals surface area contributed by atoms with E-state index in [9.17, 15) is 4.79 Å². The number of para-hydroxylation sites is 2. The van der Waals surface area contributed by atoms with Gasteiger partial charge in [0, 0.05) is 6.42 Å². The number of ether oxygens (including phenoxy) is 1. The highest BCUT2D eigenvalue weighted by Gasteiger charge is 2.17. The number of anilines is 1. The fraction of sp³-hybridized carbons (Fsp3) is 0.381. The molecule has 1 amide bonds. The molecule has 2 N–H and O–H groups in total. The van der Waals surface area contributed by atoms with Crippen molar-refractivity contribution in [3.05, 3.63) is 60.2 Å². The third-order valence-corrected chi connectivity index (χ3v) is 4.68. The first-order chi connectivity index (χ1) is 12.2. The van der Waals surface area contributed by atoms with Gasteiger partial charge in [0.25, 0.3) is 0 Å². The fourth-order valence-electron chi connectivity index (χ4n) is 3.16. The Morgan fingerprint density at radius 2 is 1.96 bits per heavy atom. The van der Waals surface area contributed by atoms with Gasteiger partial charge in [-0.25, -0.2) is 0 Å². The van der Waals surface area contributed by atoms with Crippen molar-refractivity contribution in [3.8, 4) is 5.75 Å². The van der Waals surface area contributed by atoms with Gasteiger partial charge in [0.2, 0.25) is 5.91 Å².